The first-order chi connectivity index (χ1) is 9.51. The van der Waals surface area contributed by atoms with E-state index in [-0.39, 0.29) is 24.2 Å². The number of sulfonamides is 1. The Kier molecular flexibility index (Phi) is 5.11. The van der Waals surface area contributed by atoms with Crippen molar-refractivity contribution in [2.45, 2.75) is 17.6 Å². The molecule has 1 atom stereocenters. The zero-order valence-electron chi connectivity index (χ0n) is 11.4. The number of hydrogen-bond donors (Lipinski definition) is 2. The van der Waals surface area contributed by atoms with Crippen molar-refractivity contribution in [3.8, 4) is 0 Å². The van der Waals surface area contributed by atoms with Gasteiger partial charge in [0.25, 0.3) is 0 Å². The van der Waals surface area contributed by atoms with Crippen molar-refractivity contribution in [1.82, 2.24) is 9.62 Å². The fraction of sp³-hybridized carbons (Fsp3) is 0.538. The lowest BCUT2D eigenvalue weighted by molar-refractivity contribution is -0.0156. The van der Waals surface area contributed by atoms with Gasteiger partial charge < -0.3 is 14.7 Å². The molecule has 1 aliphatic heterocycles. The maximum atomic E-state index is 12.1. The van der Waals surface area contributed by atoms with E-state index in [1.165, 1.54) is 12.1 Å². The largest absolute Gasteiger partial charge is 0.392 e. The highest BCUT2D eigenvalue weighted by Gasteiger charge is 2.21. The van der Waals surface area contributed by atoms with Gasteiger partial charge in [0.15, 0.2) is 0 Å². The topological polar surface area (TPSA) is 78.9 Å². The molecule has 1 saturated heterocycles. The van der Waals surface area contributed by atoms with Crippen LogP contribution in [0, 0.1) is 0 Å². The number of hydrogen-bond acceptors (Lipinski definition) is 5. The van der Waals surface area contributed by atoms with Crippen LogP contribution in [0.2, 0.25) is 0 Å². The Morgan fingerprint density at radius 1 is 1.40 bits per heavy atom. The molecule has 1 heterocycles. The number of nitrogens with zero attached hydrogens (tertiary/aromatic N) is 1. The van der Waals surface area contributed by atoms with Crippen LogP contribution >= 0.6 is 0 Å². The number of rotatable bonds is 5. The fourth-order valence-electron chi connectivity index (χ4n) is 2.05. The first kappa shape index (κ1) is 15.4. The van der Waals surface area contributed by atoms with Gasteiger partial charge >= 0.3 is 0 Å². The number of nitrogens with one attached hydrogen (secondary N) is 1. The number of ether oxygens (including phenoxy) is 1. The SMILES string of the molecule is CN1CCOC(CNS(=O)(=O)c2ccc(CO)cc2)C1. The summed E-state index contributed by atoms with van der Waals surface area (Å²) in [6, 6.07) is 6.17. The van der Waals surface area contributed by atoms with Crippen molar-refractivity contribution in [2.75, 3.05) is 33.3 Å². The Bertz CT molecular complexity index is 530. The molecule has 1 aromatic carbocycles. The molecular weight excluding hydrogens is 280 g/mol. The van der Waals surface area contributed by atoms with Crippen LogP contribution in [0.25, 0.3) is 0 Å². The van der Waals surface area contributed by atoms with E-state index in [2.05, 4.69) is 9.62 Å². The number of aliphatic hydroxyl groups is 1. The Balaban J connectivity index is 1.96. The molecule has 1 fully saturated rings. The van der Waals surface area contributed by atoms with Gasteiger partial charge in [-0.1, -0.05) is 12.1 Å². The monoisotopic (exact) mass is 300 g/mol. The van der Waals surface area contributed by atoms with Crippen LogP contribution in [0.3, 0.4) is 0 Å². The average molecular weight is 300 g/mol. The van der Waals surface area contributed by atoms with Crippen molar-refractivity contribution in [3.05, 3.63) is 29.8 Å². The van der Waals surface area contributed by atoms with Gasteiger partial charge in [0.1, 0.15) is 0 Å². The summed E-state index contributed by atoms with van der Waals surface area (Å²) in [5.74, 6) is 0. The Morgan fingerprint density at radius 3 is 2.70 bits per heavy atom. The third kappa shape index (κ3) is 4.00. The predicted molar refractivity (Wildman–Crippen MR) is 74.8 cm³/mol. The highest BCUT2D eigenvalue weighted by atomic mass is 32.2. The predicted octanol–water partition coefficient (Wildman–Crippen LogP) is -0.212. The van der Waals surface area contributed by atoms with Gasteiger partial charge in [-0.25, -0.2) is 13.1 Å². The molecule has 1 aliphatic rings. The molecule has 6 nitrogen and oxygen atoms in total. The summed E-state index contributed by atoms with van der Waals surface area (Å²) in [6.07, 6.45) is -0.125. The molecule has 20 heavy (non-hydrogen) atoms. The normalized spacial score (nSPS) is 21.0. The zero-order chi connectivity index (χ0) is 14.6. The molecule has 1 aromatic rings. The van der Waals surface area contributed by atoms with Crippen LogP contribution in [0.1, 0.15) is 5.56 Å². The highest BCUT2D eigenvalue weighted by Crippen LogP contribution is 2.11. The smallest absolute Gasteiger partial charge is 0.240 e. The summed E-state index contributed by atoms with van der Waals surface area (Å²) < 4.78 is 32.3. The lowest BCUT2D eigenvalue weighted by Gasteiger charge is -2.30. The molecule has 1 unspecified atom stereocenters. The van der Waals surface area contributed by atoms with Crippen molar-refractivity contribution in [2.24, 2.45) is 0 Å². The second-order valence-electron chi connectivity index (χ2n) is 4.91. The minimum atomic E-state index is -3.53. The van der Waals surface area contributed by atoms with Gasteiger partial charge in [-0.15, -0.1) is 0 Å². The van der Waals surface area contributed by atoms with E-state index in [4.69, 9.17) is 9.84 Å². The Labute approximate surface area is 119 Å². The lowest BCUT2D eigenvalue weighted by atomic mass is 10.2. The minimum Gasteiger partial charge on any atom is -0.392 e. The van der Waals surface area contributed by atoms with Crippen molar-refractivity contribution >= 4 is 10.0 Å². The first-order valence-corrected chi connectivity index (χ1v) is 7.99. The van der Waals surface area contributed by atoms with Crippen LogP contribution in [-0.2, 0) is 21.4 Å². The number of morpholine rings is 1. The summed E-state index contributed by atoms with van der Waals surface area (Å²) in [4.78, 5) is 2.30. The molecule has 0 amide bonds. The second kappa shape index (κ2) is 6.64. The van der Waals surface area contributed by atoms with Crippen LogP contribution in [0.15, 0.2) is 29.2 Å². The number of likely N-dealkylation sites (N-methyl/N-ethyl adjacent to an activating group) is 1. The van der Waals surface area contributed by atoms with Crippen LogP contribution in [0.4, 0.5) is 0 Å². The fourth-order valence-corrected chi connectivity index (χ4v) is 3.12. The Morgan fingerprint density at radius 2 is 2.10 bits per heavy atom. The molecule has 0 spiro atoms. The zero-order valence-corrected chi connectivity index (χ0v) is 12.3. The maximum Gasteiger partial charge on any atom is 0.240 e. The van der Waals surface area contributed by atoms with Gasteiger partial charge in [-0.05, 0) is 24.7 Å². The van der Waals surface area contributed by atoms with Crippen molar-refractivity contribution < 1.29 is 18.3 Å². The molecule has 0 saturated carbocycles. The first-order valence-electron chi connectivity index (χ1n) is 6.51. The summed E-state index contributed by atoms with van der Waals surface area (Å²) in [7, 11) is -1.55. The van der Waals surface area contributed by atoms with Crippen LogP contribution in [0.5, 0.6) is 0 Å². The molecule has 2 rings (SSSR count). The molecule has 0 radical (unpaired) electrons. The summed E-state index contributed by atoms with van der Waals surface area (Å²) in [6.45, 7) is 2.36. The van der Waals surface area contributed by atoms with E-state index in [0.29, 0.717) is 18.7 Å². The van der Waals surface area contributed by atoms with E-state index < -0.39 is 10.0 Å². The number of benzene rings is 1. The quantitative estimate of drug-likeness (QED) is 0.786. The summed E-state index contributed by atoms with van der Waals surface area (Å²) in [5, 5.41) is 8.94. The van der Waals surface area contributed by atoms with Crippen LogP contribution in [-0.4, -0.2) is 57.8 Å². The number of aliphatic hydroxyl groups excluding tert-OH is 1. The van der Waals surface area contributed by atoms with Crippen LogP contribution < -0.4 is 4.72 Å². The third-order valence-electron chi connectivity index (χ3n) is 3.26. The molecule has 112 valence electrons. The third-order valence-corrected chi connectivity index (χ3v) is 4.70. The standard InChI is InChI=1S/C13H20N2O4S/c1-15-6-7-19-12(9-15)8-14-20(17,18)13-4-2-11(10-16)3-5-13/h2-5,12,14,16H,6-10H2,1H3. The maximum absolute atomic E-state index is 12.1. The van der Waals surface area contributed by atoms with E-state index in [1.807, 2.05) is 7.05 Å². The molecular formula is C13H20N2O4S. The summed E-state index contributed by atoms with van der Waals surface area (Å²) >= 11 is 0. The van der Waals surface area contributed by atoms with Gasteiger partial charge in [-0.3, -0.25) is 0 Å². The van der Waals surface area contributed by atoms with Gasteiger partial charge in [-0.2, -0.15) is 0 Å². The van der Waals surface area contributed by atoms with E-state index in [9.17, 15) is 8.42 Å². The lowest BCUT2D eigenvalue weighted by Crippen LogP contribution is -2.45. The van der Waals surface area contributed by atoms with Gasteiger partial charge in [0.2, 0.25) is 10.0 Å². The highest BCUT2D eigenvalue weighted by molar-refractivity contribution is 7.89. The van der Waals surface area contributed by atoms with E-state index in [1.54, 1.807) is 12.1 Å². The van der Waals surface area contributed by atoms with E-state index in [0.717, 1.165) is 6.54 Å². The van der Waals surface area contributed by atoms with Gasteiger partial charge in [0, 0.05) is 19.6 Å². The summed E-state index contributed by atoms with van der Waals surface area (Å²) in [5.41, 5.74) is 0.682. The second-order valence-corrected chi connectivity index (χ2v) is 6.68. The molecule has 7 heteroatoms. The molecule has 0 aromatic heterocycles. The van der Waals surface area contributed by atoms with Crippen molar-refractivity contribution in [1.29, 1.82) is 0 Å². The van der Waals surface area contributed by atoms with Crippen molar-refractivity contribution in [3.63, 3.8) is 0 Å². The van der Waals surface area contributed by atoms with Gasteiger partial charge in [0.05, 0.1) is 24.2 Å². The molecule has 2 N–H and O–H groups in total. The van der Waals surface area contributed by atoms with E-state index >= 15 is 0 Å². The molecule has 0 aliphatic carbocycles. The minimum absolute atomic E-state index is 0.101. The average Bonchev–Trinajstić information content (AvgIpc) is 2.45. The Hall–Kier alpha value is -0.990. The molecule has 0 bridgehead atoms.